The molecule has 2 N–H and O–H groups in total. The topological polar surface area (TPSA) is 56.0 Å². The second kappa shape index (κ2) is 3.47. The minimum Gasteiger partial charge on any atom is -0.397 e. The largest absolute Gasteiger partial charge is 0.397 e. The van der Waals surface area contributed by atoms with Crippen LogP contribution in [0.5, 0.6) is 0 Å². The van der Waals surface area contributed by atoms with E-state index in [4.69, 9.17) is 5.73 Å². The number of alkyl halides is 2. The van der Waals surface area contributed by atoms with Crippen LogP contribution >= 0.6 is 0 Å². The number of nitrogens with zero attached hydrogens (tertiary/aromatic N) is 1. The van der Waals surface area contributed by atoms with E-state index in [0.717, 1.165) is 6.20 Å². The van der Waals surface area contributed by atoms with Gasteiger partial charge in [0.2, 0.25) is 0 Å². The van der Waals surface area contributed by atoms with E-state index in [-0.39, 0.29) is 11.3 Å². The molecule has 0 atom stereocenters. The summed E-state index contributed by atoms with van der Waals surface area (Å²) >= 11 is 0. The lowest BCUT2D eigenvalue weighted by Gasteiger charge is -2.07. The van der Waals surface area contributed by atoms with E-state index in [0.29, 0.717) is 11.8 Å². The van der Waals surface area contributed by atoms with E-state index in [1.807, 2.05) is 0 Å². The number of rotatable bonds is 2. The third-order valence-corrected chi connectivity index (χ3v) is 1.78. The van der Waals surface area contributed by atoms with Crippen molar-refractivity contribution in [3.63, 3.8) is 0 Å². The summed E-state index contributed by atoms with van der Waals surface area (Å²) in [5.74, 6) is 0. The molecule has 5 heteroatoms. The number of carbonyl (C=O) groups is 1. The zero-order valence-corrected chi connectivity index (χ0v) is 6.92. The molecule has 1 aromatic heterocycles. The molecule has 0 aliphatic rings. The Balaban J connectivity index is 3.38. The average Bonchev–Trinajstić information content (AvgIpc) is 2.09. The van der Waals surface area contributed by atoms with Gasteiger partial charge in [0.1, 0.15) is 5.69 Å². The van der Waals surface area contributed by atoms with Gasteiger partial charge in [-0.05, 0) is 12.5 Å². The van der Waals surface area contributed by atoms with Crippen molar-refractivity contribution in [3.05, 3.63) is 23.0 Å². The summed E-state index contributed by atoms with van der Waals surface area (Å²) in [6, 6.07) is 0. The fourth-order valence-corrected chi connectivity index (χ4v) is 0.976. The summed E-state index contributed by atoms with van der Waals surface area (Å²) in [4.78, 5) is 13.9. The lowest BCUT2D eigenvalue weighted by Crippen LogP contribution is -2.03. The van der Waals surface area contributed by atoms with Gasteiger partial charge in [-0.1, -0.05) is 0 Å². The second-order valence-electron chi connectivity index (χ2n) is 2.56. The van der Waals surface area contributed by atoms with E-state index >= 15 is 0 Å². The zero-order chi connectivity index (χ0) is 10.0. The lowest BCUT2D eigenvalue weighted by molar-refractivity contribution is 0.110. The van der Waals surface area contributed by atoms with Gasteiger partial charge in [-0.15, -0.1) is 0 Å². The maximum Gasteiger partial charge on any atom is 0.281 e. The maximum absolute atomic E-state index is 12.3. The molecule has 0 spiro atoms. The summed E-state index contributed by atoms with van der Waals surface area (Å²) in [7, 11) is 0. The first-order valence-corrected chi connectivity index (χ1v) is 3.56. The molecule has 0 saturated heterocycles. The van der Waals surface area contributed by atoms with Crippen LogP contribution in [0.25, 0.3) is 0 Å². The van der Waals surface area contributed by atoms with Gasteiger partial charge in [0.25, 0.3) is 6.43 Å². The van der Waals surface area contributed by atoms with Gasteiger partial charge < -0.3 is 5.73 Å². The number of nitrogen functional groups attached to an aromatic ring is 1. The lowest BCUT2D eigenvalue weighted by atomic mass is 10.1. The third kappa shape index (κ3) is 1.63. The zero-order valence-electron chi connectivity index (χ0n) is 6.92. The van der Waals surface area contributed by atoms with E-state index < -0.39 is 12.1 Å². The quantitative estimate of drug-likeness (QED) is 0.715. The molecule has 0 aliphatic heterocycles. The number of nitrogens with two attached hydrogens (primary N) is 1. The van der Waals surface area contributed by atoms with Gasteiger partial charge in [0.05, 0.1) is 11.9 Å². The Kier molecular flexibility index (Phi) is 2.55. The Morgan fingerprint density at radius 2 is 2.23 bits per heavy atom. The van der Waals surface area contributed by atoms with E-state index in [1.54, 1.807) is 0 Å². The first-order chi connectivity index (χ1) is 6.07. The molecule has 1 rings (SSSR count). The molecule has 0 fully saturated rings. The van der Waals surface area contributed by atoms with Crippen LogP contribution in [0.1, 0.15) is 28.0 Å². The highest BCUT2D eigenvalue weighted by atomic mass is 19.3. The fourth-order valence-electron chi connectivity index (χ4n) is 0.976. The molecule has 0 aliphatic carbocycles. The number of hydrogen-bond donors (Lipinski definition) is 1. The summed E-state index contributed by atoms with van der Waals surface area (Å²) in [6.07, 6.45) is -1.27. The van der Waals surface area contributed by atoms with Crippen LogP contribution in [0.4, 0.5) is 14.5 Å². The van der Waals surface area contributed by atoms with Gasteiger partial charge in [-0.3, -0.25) is 9.78 Å². The Bertz CT molecular complexity index is 339. The van der Waals surface area contributed by atoms with Crippen molar-refractivity contribution in [3.8, 4) is 0 Å². The summed E-state index contributed by atoms with van der Waals surface area (Å²) < 4.78 is 24.5. The summed E-state index contributed by atoms with van der Waals surface area (Å²) in [5.41, 5.74) is 5.36. The van der Waals surface area contributed by atoms with Crippen LogP contribution in [0.15, 0.2) is 6.20 Å². The molecule has 70 valence electrons. The van der Waals surface area contributed by atoms with E-state index in [2.05, 4.69) is 4.98 Å². The molecule has 0 radical (unpaired) electrons. The Morgan fingerprint density at radius 1 is 1.62 bits per heavy atom. The van der Waals surface area contributed by atoms with Crippen molar-refractivity contribution < 1.29 is 13.6 Å². The molecule has 0 saturated carbocycles. The molecule has 3 nitrogen and oxygen atoms in total. The molecule has 1 heterocycles. The number of pyridine rings is 1. The first-order valence-electron chi connectivity index (χ1n) is 3.56. The molecule has 13 heavy (non-hydrogen) atoms. The number of carbonyl (C=O) groups excluding carboxylic acids is 1. The highest BCUT2D eigenvalue weighted by molar-refractivity contribution is 5.81. The van der Waals surface area contributed by atoms with Crippen molar-refractivity contribution in [1.82, 2.24) is 4.98 Å². The number of hydrogen-bond acceptors (Lipinski definition) is 3. The minimum absolute atomic E-state index is 0.116. The van der Waals surface area contributed by atoms with Gasteiger partial charge in [0, 0.05) is 5.56 Å². The number of anilines is 1. The standard InChI is InChI=1S/C8H8F2N2O/c1-4-5(3-13)7(8(9)10)12-2-6(4)11/h2-3,8H,11H2,1H3. The monoisotopic (exact) mass is 186 g/mol. The van der Waals surface area contributed by atoms with E-state index in [1.165, 1.54) is 6.92 Å². The second-order valence-corrected chi connectivity index (χ2v) is 2.56. The Labute approximate surface area is 73.6 Å². The van der Waals surface area contributed by atoms with Crippen LogP contribution < -0.4 is 5.73 Å². The Morgan fingerprint density at radius 3 is 2.69 bits per heavy atom. The van der Waals surface area contributed by atoms with Gasteiger partial charge in [-0.2, -0.15) is 0 Å². The van der Waals surface area contributed by atoms with Gasteiger partial charge in [-0.25, -0.2) is 8.78 Å². The van der Waals surface area contributed by atoms with E-state index in [9.17, 15) is 13.6 Å². The van der Waals surface area contributed by atoms with Crippen molar-refractivity contribution in [2.24, 2.45) is 0 Å². The highest BCUT2D eigenvalue weighted by Gasteiger charge is 2.17. The molecule has 0 amide bonds. The molecule has 0 unspecified atom stereocenters. The average molecular weight is 186 g/mol. The van der Waals surface area contributed by atoms with Crippen LogP contribution in [0.2, 0.25) is 0 Å². The van der Waals surface area contributed by atoms with Crippen molar-refractivity contribution in [2.45, 2.75) is 13.3 Å². The smallest absolute Gasteiger partial charge is 0.281 e. The van der Waals surface area contributed by atoms with Crippen LogP contribution in [0.3, 0.4) is 0 Å². The van der Waals surface area contributed by atoms with Crippen molar-refractivity contribution in [1.29, 1.82) is 0 Å². The summed E-state index contributed by atoms with van der Waals surface area (Å²) in [5, 5.41) is 0. The fraction of sp³-hybridized carbons (Fsp3) is 0.250. The number of aromatic nitrogens is 1. The van der Waals surface area contributed by atoms with Gasteiger partial charge in [0.15, 0.2) is 6.29 Å². The van der Waals surface area contributed by atoms with Crippen molar-refractivity contribution in [2.75, 3.05) is 5.73 Å². The van der Waals surface area contributed by atoms with Gasteiger partial charge >= 0.3 is 0 Å². The van der Waals surface area contributed by atoms with Crippen LogP contribution in [0, 0.1) is 6.92 Å². The van der Waals surface area contributed by atoms with Crippen LogP contribution in [-0.2, 0) is 0 Å². The number of halogens is 2. The molecular weight excluding hydrogens is 178 g/mol. The Hall–Kier alpha value is -1.52. The normalized spacial score (nSPS) is 10.5. The predicted molar refractivity (Wildman–Crippen MR) is 43.7 cm³/mol. The minimum atomic E-state index is -2.75. The molecule has 1 aromatic rings. The first kappa shape index (κ1) is 9.57. The summed E-state index contributed by atoms with van der Waals surface area (Å²) in [6.45, 7) is 1.51. The maximum atomic E-state index is 12.3. The molecule has 0 bridgehead atoms. The van der Waals surface area contributed by atoms with Crippen molar-refractivity contribution >= 4 is 12.0 Å². The SMILES string of the molecule is Cc1c(N)cnc(C(F)F)c1C=O. The predicted octanol–water partition coefficient (Wildman–Crippen LogP) is 1.72. The molecule has 0 aromatic carbocycles. The number of aldehydes is 1. The highest BCUT2D eigenvalue weighted by Crippen LogP contribution is 2.24. The molecular formula is C8H8F2N2O. The van der Waals surface area contributed by atoms with Crippen LogP contribution in [-0.4, -0.2) is 11.3 Å². The third-order valence-electron chi connectivity index (χ3n) is 1.78.